The van der Waals surface area contributed by atoms with Crippen LogP contribution in [0, 0.1) is 0 Å². The molecule has 0 saturated heterocycles. The Labute approximate surface area is 135 Å². The largest absolute Gasteiger partial charge is 0.114 e. The molecule has 2 atom stereocenters. The molecule has 0 spiro atoms. The molecule has 0 nitrogen and oxygen atoms in total. The van der Waals surface area contributed by atoms with Crippen molar-refractivity contribution in [3.8, 4) is 11.1 Å². The van der Waals surface area contributed by atoms with Crippen LogP contribution in [-0.4, -0.2) is 0 Å². The van der Waals surface area contributed by atoms with Crippen molar-refractivity contribution in [2.45, 2.75) is 22.0 Å². The van der Waals surface area contributed by atoms with Crippen molar-refractivity contribution in [3.63, 3.8) is 0 Å². The number of fused-ring (bicyclic) bond motifs is 6. The van der Waals surface area contributed by atoms with Crippen LogP contribution in [-0.2, 0) is 4.75 Å². The summed E-state index contributed by atoms with van der Waals surface area (Å²) in [6, 6.07) is 28.8. The normalized spacial score (nSPS) is 24.1. The van der Waals surface area contributed by atoms with E-state index in [0.29, 0.717) is 5.92 Å². The first-order valence-electron chi connectivity index (χ1n) is 7.81. The van der Waals surface area contributed by atoms with E-state index in [4.69, 9.17) is 0 Å². The first kappa shape index (κ1) is 12.5. The molecule has 1 heteroatoms. The number of hydrogen-bond donors (Lipinski definition) is 0. The zero-order valence-corrected chi connectivity index (χ0v) is 13.0. The van der Waals surface area contributed by atoms with Crippen LogP contribution >= 0.6 is 11.8 Å². The second-order valence-corrected chi connectivity index (χ2v) is 7.60. The Kier molecular flexibility index (Phi) is 2.57. The van der Waals surface area contributed by atoms with Crippen molar-refractivity contribution >= 4 is 11.8 Å². The van der Waals surface area contributed by atoms with Gasteiger partial charge in [0.15, 0.2) is 0 Å². The summed E-state index contributed by atoms with van der Waals surface area (Å²) in [6.45, 7) is 0. The minimum Gasteiger partial charge on any atom is -0.114 e. The van der Waals surface area contributed by atoms with Crippen LogP contribution in [0.5, 0.6) is 0 Å². The first-order chi connectivity index (χ1) is 10.9. The molecular formula is C21H16S. The zero-order valence-electron chi connectivity index (χ0n) is 12.2. The molecule has 0 unspecified atom stereocenters. The molecule has 0 aliphatic heterocycles. The van der Waals surface area contributed by atoms with Gasteiger partial charge in [0.25, 0.3) is 0 Å². The van der Waals surface area contributed by atoms with Crippen molar-refractivity contribution < 1.29 is 0 Å². The van der Waals surface area contributed by atoms with Crippen molar-refractivity contribution in [1.29, 1.82) is 0 Å². The average molecular weight is 300 g/mol. The highest BCUT2D eigenvalue weighted by atomic mass is 32.2. The van der Waals surface area contributed by atoms with Crippen molar-refractivity contribution in [2.24, 2.45) is 0 Å². The van der Waals surface area contributed by atoms with E-state index >= 15 is 0 Å². The van der Waals surface area contributed by atoms with Gasteiger partial charge in [0, 0.05) is 10.8 Å². The van der Waals surface area contributed by atoms with Crippen molar-refractivity contribution in [1.82, 2.24) is 0 Å². The summed E-state index contributed by atoms with van der Waals surface area (Å²) in [5.41, 5.74) is 5.91. The molecule has 5 rings (SSSR count). The van der Waals surface area contributed by atoms with Gasteiger partial charge in [0.1, 0.15) is 0 Å². The van der Waals surface area contributed by atoms with Gasteiger partial charge in [-0.3, -0.25) is 0 Å². The molecule has 0 N–H and O–H groups in total. The van der Waals surface area contributed by atoms with Gasteiger partial charge >= 0.3 is 0 Å². The summed E-state index contributed by atoms with van der Waals surface area (Å²) in [6.07, 6.45) is 1.25. The van der Waals surface area contributed by atoms with Gasteiger partial charge in [0.2, 0.25) is 0 Å². The van der Waals surface area contributed by atoms with Gasteiger partial charge in [0.05, 0.1) is 4.75 Å². The SMILES string of the molecule is c1ccc(S[C@@]23C[C@@H]2c2ccccc2-c2ccccc23)cc1. The van der Waals surface area contributed by atoms with E-state index in [1.54, 1.807) is 0 Å². The summed E-state index contributed by atoms with van der Waals surface area (Å²) in [4.78, 5) is 1.37. The Hall–Kier alpha value is -1.99. The summed E-state index contributed by atoms with van der Waals surface area (Å²) in [5, 5.41) is 0. The fraction of sp³-hybridized carbons (Fsp3) is 0.143. The molecule has 3 aromatic rings. The highest BCUT2D eigenvalue weighted by Gasteiger charge is 2.60. The third-order valence-electron chi connectivity index (χ3n) is 4.96. The lowest BCUT2D eigenvalue weighted by molar-refractivity contribution is 0.938. The molecule has 1 saturated carbocycles. The van der Waals surface area contributed by atoms with E-state index in [-0.39, 0.29) is 4.75 Å². The second kappa shape index (κ2) is 4.50. The van der Waals surface area contributed by atoms with Gasteiger partial charge in [-0.15, -0.1) is 11.8 Å². The molecule has 0 heterocycles. The predicted molar refractivity (Wildman–Crippen MR) is 93.2 cm³/mol. The molecule has 0 aromatic heterocycles. The fourth-order valence-electron chi connectivity index (χ4n) is 3.90. The number of rotatable bonds is 2. The van der Waals surface area contributed by atoms with Gasteiger partial charge in [-0.25, -0.2) is 0 Å². The monoisotopic (exact) mass is 300 g/mol. The van der Waals surface area contributed by atoms with Crippen LogP contribution < -0.4 is 0 Å². The van der Waals surface area contributed by atoms with Crippen molar-refractivity contribution in [3.05, 3.63) is 90.0 Å². The molecule has 106 valence electrons. The van der Waals surface area contributed by atoms with E-state index in [1.807, 2.05) is 11.8 Å². The summed E-state index contributed by atoms with van der Waals surface area (Å²) >= 11 is 2.05. The molecule has 2 aliphatic carbocycles. The van der Waals surface area contributed by atoms with E-state index in [0.717, 1.165) is 0 Å². The maximum atomic E-state index is 2.33. The fourth-order valence-corrected chi connectivity index (χ4v) is 5.42. The summed E-state index contributed by atoms with van der Waals surface area (Å²) in [5.74, 6) is 0.656. The highest BCUT2D eigenvalue weighted by Crippen LogP contribution is 2.73. The Bertz CT molecular complexity index is 853. The van der Waals surface area contributed by atoms with Gasteiger partial charge in [-0.05, 0) is 40.8 Å². The third kappa shape index (κ3) is 1.66. The van der Waals surface area contributed by atoms with Gasteiger partial charge in [-0.2, -0.15) is 0 Å². The second-order valence-electron chi connectivity index (χ2n) is 6.19. The smallest absolute Gasteiger partial charge is 0.0537 e. The predicted octanol–water partition coefficient (Wildman–Crippen LogP) is 5.84. The van der Waals surface area contributed by atoms with Gasteiger partial charge < -0.3 is 0 Å². The minimum atomic E-state index is 0.242. The minimum absolute atomic E-state index is 0.242. The maximum absolute atomic E-state index is 2.33. The summed E-state index contributed by atoms with van der Waals surface area (Å²) < 4.78 is 0.242. The molecule has 1 fully saturated rings. The van der Waals surface area contributed by atoms with Crippen molar-refractivity contribution in [2.75, 3.05) is 0 Å². The molecule has 22 heavy (non-hydrogen) atoms. The lowest BCUT2D eigenvalue weighted by Crippen LogP contribution is -2.11. The van der Waals surface area contributed by atoms with E-state index in [9.17, 15) is 0 Å². The van der Waals surface area contributed by atoms with E-state index in [1.165, 1.54) is 33.6 Å². The highest BCUT2D eigenvalue weighted by molar-refractivity contribution is 8.00. The topological polar surface area (TPSA) is 0 Å². The average Bonchev–Trinajstić information content (AvgIpc) is 3.32. The van der Waals surface area contributed by atoms with E-state index in [2.05, 4.69) is 78.9 Å². The Morgan fingerprint density at radius 3 is 2.27 bits per heavy atom. The van der Waals surface area contributed by atoms with E-state index < -0.39 is 0 Å². The Balaban J connectivity index is 1.69. The number of benzene rings is 3. The number of hydrogen-bond acceptors (Lipinski definition) is 1. The van der Waals surface area contributed by atoms with Crippen LogP contribution in [0.1, 0.15) is 23.5 Å². The molecule has 0 radical (unpaired) electrons. The third-order valence-corrected chi connectivity index (χ3v) is 6.51. The Morgan fingerprint density at radius 2 is 1.41 bits per heavy atom. The van der Waals surface area contributed by atoms with Crippen LogP contribution in [0.2, 0.25) is 0 Å². The van der Waals surface area contributed by atoms with Crippen LogP contribution in [0.15, 0.2) is 83.8 Å². The maximum Gasteiger partial charge on any atom is 0.0537 e. The lowest BCUT2D eigenvalue weighted by Gasteiger charge is -2.27. The quantitative estimate of drug-likeness (QED) is 0.572. The van der Waals surface area contributed by atoms with Crippen LogP contribution in [0.3, 0.4) is 0 Å². The molecule has 2 aliphatic rings. The standard InChI is InChI=1S/C21H16S/c1-2-8-15(9-3-1)22-21-14-20(21)18-12-5-4-10-16(18)17-11-6-7-13-19(17)21/h1-13,20H,14H2/t20-,21-/m1/s1. The molecule has 3 aromatic carbocycles. The zero-order chi connectivity index (χ0) is 14.6. The molecular weight excluding hydrogens is 284 g/mol. The van der Waals surface area contributed by atoms with Gasteiger partial charge in [-0.1, -0.05) is 66.7 Å². The van der Waals surface area contributed by atoms with Crippen LogP contribution in [0.25, 0.3) is 11.1 Å². The summed E-state index contributed by atoms with van der Waals surface area (Å²) in [7, 11) is 0. The molecule has 0 bridgehead atoms. The Morgan fingerprint density at radius 1 is 0.727 bits per heavy atom. The number of thioether (sulfide) groups is 1. The molecule has 0 amide bonds. The van der Waals surface area contributed by atoms with Crippen LogP contribution in [0.4, 0.5) is 0 Å². The lowest BCUT2D eigenvalue weighted by atomic mass is 9.85. The first-order valence-corrected chi connectivity index (χ1v) is 8.63.